The number of fused-ring (bicyclic) bond motifs is 2. The Labute approximate surface area is 234 Å². The number of unbranched alkanes of at least 4 members (excludes halogenated alkanes) is 1. The van der Waals surface area contributed by atoms with E-state index in [4.69, 9.17) is 4.74 Å². The third-order valence-corrected chi connectivity index (χ3v) is 8.48. The molecular formula is C38H42O. The van der Waals surface area contributed by atoms with Gasteiger partial charge in [-0.05, 0) is 86.2 Å². The van der Waals surface area contributed by atoms with Crippen LogP contribution in [0.3, 0.4) is 0 Å². The average molecular weight is 515 g/mol. The van der Waals surface area contributed by atoms with E-state index in [1.807, 2.05) is 0 Å². The molecule has 0 aromatic heterocycles. The highest BCUT2D eigenvalue weighted by atomic mass is 16.5. The van der Waals surface area contributed by atoms with E-state index in [1.54, 1.807) is 0 Å². The molecule has 1 heteroatoms. The molecule has 5 rings (SSSR count). The van der Waals surface area contributed by atoms with Crippen molar-refractivity contribution in [2.75, 3.05) is 6.61 Å². The van der Waals surface area contributed by atoms with E-state index in [0.717, 1.165) is 18.8 Å². The molecule has 5 aromatic carbocycles. The quantitative estimate of drug-likeness (QED) is 0.159. The molecule has 0 radical (unpaired) electrons. The summed E-state index contributed by atoms with van der Waals surface area (Å²) < 4.78 is 6.23. The lowest BCUT2D eigenvalue weighted by Gasteiger charge is -2.19. The standard InChI is InChI=1S/C38H42O/c1-5-8-13-28(7-3)26-39-32-24-22-31(23-25-32)38-35-16-11-9-14-33(35)37(34-15-10-12-17-36(34)38)30-20-18-29(19-21-30)27(4)6-2/h9-12,14-25,27-28H,5-8,13,26H2,1-4H3. The van der Waals surface area contributed by atoms with E-state index in [1.165, 1.54) is 75.0 Å². The Morgan fingerprint density at radius 3 is 1.51 bits per heavy atom. The highest BCUT2D eigenvalue weighted by Crippen LogP contribution is 2.44. The largest absolute Gasteiger partial charge is 0.493 e. The maximum absolute atomic E-state index is 6.23. The average Bonchev–Trinajstić information content (AvgIpc) is 3.00. The molecule has 0 aliphatic rings. The molecule has 0 saturated carbocycles. The molecule has 0 fully saturated rings. The van der Waals surface area contributed by atoms with Crippen LogP contribution in [0.2, 0.25) is 0 Å². The fraction of sp³-hybridized carbons (Fsp3) is 0.316. The van der Waals surface area contributed by atoms with E-state index >= 15 is 0 Å². The van der Waals surface area contributed by atoms with Gasteiger partial charge in [0, 0.05) is 0 Å². The number of hydrogen-bond donors (Lipinski definition) is 0. The summed E-state index contributed by atoms with van der Waals surface area (Å²) in [5, 5.41) is 5.17. The maximum atomic E-state index is 6.23. The highest BCUT2D eigenvalue weighted by molar-refractivity contribution is 6.21. The third-order valence-electron chi connectivity index (χ3n) is 8.48. The molecule has 0 aliphatic carbocycles. The summed E-state index contributed by atoms with van der Waals surface area (Å²) in [5.74, 6) is 2.16. The lowest BCUT2D eigenvalue weighted by Crippen LogP contribution is -2.11. The van der Waals surface area contributed by atoms with Crippen LogP contribution in [0.15, 0.2) is 97.1 Å². The van der Waals surface area contributed by atoms with Gasteiger partial charge in [0.2, 0.25) is 0 Å². The van der Waals surface area contributed by atoms with Crippen molar-refractivity contribution in [1.82, 2.24) is 0 Å². The molecular weight excluding hydrogens is 472 g/mol. The van der Waals surface area contributed by atoms with Crippen LogP contribution in [-0.2, 0) is 0 Å². The number of ether oxygens (including phenoxy) is 1. The molecule has 1 nitrogen and oxygen atoms in total. The van der Waals surface area contributed by atoms with Crippen molar-refractivity contribution < 1.29 is 4.74 Å². The second-order valence-corrected chi connectivity index (χ2v) is 11.0. The molecule has 0 saturated heterocycles. The molecule has 200 valence electrons. The van der Waals surface area contributed by atoms with Gasteiger partial charge in [0.05, 0.1) is 6.61 Å². The minimum Gasteiger partial charge on any atom is -0.493 e. The molecule has 0 bridgehead atoms. The van der Waals surface area contributed by atoms with Crippen molar-refractivity contribution in [3.8, 4) is 28.0 Å². The Balaban J connectivity index is 1.56. The topological polar surface area (TPSA) is 9.23 Å². The van der Waals surface area contributed by atoms with E-state index in [-0.39, 0.29) is 0 Å². The summed E-state index contributed by atoms with van der Waals surface area (Å²) in [6.07, 6.45) is 6.09. The predicted molar refractivity (Wildman–Crippen MR) is 170 cm³/mol. The van der Waals surface area contributed by atoms with Crippen LogP contribution in [0, 0.1) is 5.92 Å². The first kappa shape index (κ1) is 27.0. The van der Waals surface area contributed by atoms with Gasteiger partial charge in [-0.3, -0.25) is 0 Å². The Bertz CT molecular complexity index is 1450. The minimum absolute atomic E-state index is 0.575. The first-order chi connectivity index (χ1) is 19.1. The number of hydrogen-bond acceptors (Lipinski definition) is 1. The lowest BCUT2D eigenvalue weighted by atomic mass is 9.85. The van der Waals surface area contributed by atoms with Crippen molar-refractivity contribution in [3.63, 3.8) is 0 Å². The molecule has 0 heterocycles. The van der Waals surface area contributed by atoms with Gasteiger partial charge >= 0.3 is 0 Å². The normalized spacial score (nSPS) is 13.0. The van der Waals surface area contributed by atoms with Crippen LogP contribution in [0.1, 0.15) is 71.3 Å². The monoisotopic (exact) mass is 514 g/mol. The number of rotatable bonds is 11. The second-order valence-electron chi connectivity index (χ2n) is 11.0. The molecule has 5 aromatic rings. The number of benzene rings is 5. The van der Waals surface area contributed by atoms with Gasteiger partial charge < -0.3 is 4.74 Å². The minimum atomic E-state index is 0.575. The van der Waals surface area contributed by atoms with Gasteiger partial charge in [0.25, 0.3) is 0 Å². The first-order valence-electron chi connectivity index (χ1n) is 14.9. The van der Waals surface area contributed by atoms with Crippen molar-refractivity contribution in [1.29, 1.82) is 0 Å². The summed E-state index contributed by atoms with van der Waals surface area (Å²) in [4.78, 5) is 0. The Hall–Kier alpha value is -3.58. The first-order valence-corrected chi connectivity index (χ1v) is 14.9. The van der Waals surface area contributed by atoms with Crippen molar-refractivity contribution in [2.24, 2.45) is 5.92 Å². The fourth-order valence-electron chi connectivity index (χ4n) is 5.79. The van der Waals surface area contributed by atoms with Crippen LogP contribution in [0.25, 0.3) is 43.8 Å². The van der Waals surface area contributed by atoms with Gasteiger partial charge in [-0.2, -0.15) is 0 Å². The fourth-order valence-corrected chi connectivity index (χ4v) is 5.79. The van der Waals surface area contributed by atoms with E-state index in [0.29, 0.717) is 11.8 Å². The smallest absolute Gasteiger partial charge is 0.119 e. The summed E-state index contributed by atoms with van der Waals surface area (Å²) in [6, 6.07) is 35.8. The Morgan fingerprint density at radius 1 is 0.590 bits per heavy atom. The Morgan fingerprint density at radius 2 is 1.08 bits per heavy atom. The van der Waals surface area contributed by atoms with E-state index in [9.17, 15) is 0 Å². The molecule has 0 amide bonds. The summed E-state index contributed by atoms with van der Waals surface area (Å²) in [6.45, 7) is 9.89. The van der Waals surface area contributed by atoms with Crippen LogP contribution in [-0.4, -0.2) is 6.61 Å². The summed E-state index contributed by atoms with van der Waals surface area (Å²) in [7, 11) is 0. The molecule has 0 N–H and O–H groups in total. The molecule has 2 atom stereocenters. The molecule has 2 unspecified atom stereocenters. The van der Waals surface area contributed by atoms with Gasteiger partial charge in [0.1, 0.15) is 5.75 Å². The Kier molecular flexibility index (Phi) is 8.67. The van der Waals surface area contributed by atoms with Crippen LogP contribution in [0.5, 0.6) is 5.75 Å². The molecule has 0 spiro atoms. The van der Waals surface area contributed by atoms with Crippen LogP contribution in [0.4, 0.5) is 0 Å². The van der Waals surface area contributed by atoms with Crippen molar-refractivity contribution >= 4 is 21.5 Å². The molecule has 0 aliphatic heterocycles. The van der Waals surface area contributed by atoms with Gasteiger partial charge in [0.15, 0.2) is 0 Å². The van der Waals surface area contributed by atoms with Gasteiger partial charge in [-0.1, -0.05) is 132 Å². The summed E-state index contributed by atoms with van der Waals surface area (Å²) in [5.41, 5.74) is 6.52. The molecule has 39 heavy (non-hydrogen) atoms. The second kappa shape index (κ2) is 12.5. The lowest BCUT2D eigenvalue weighted by molar-refractivity contribution is 0.233. The maximum Gasteiger partial charge on any atom is 0.119 e. The van der Waals surface area contributed by atoms with Gasteiger partial charge in [-0.15, -0.1) is 0 Å². The summed E-state index contributed by atoms with van der Waals surface area (Å²) >= 11 is 0. The van der Waals surface area contributed by atoms with Crippen molar-refractivity contribution in [3.05, 3.63) is 103 Å². The van der Waals surface area contributed by atoms with Crippen LogP contribution < -0.4 is 4.74 Å². The van der Waals surface area contributed by atoms with Crippen molar-refractivity contribution in [2.45, 2.75) is 65.7 Å². The SMILES string of the molecule is CCCCC(CC)COc1ccc(-c2c3ccccc3c(-c3ccc(C(C)CC)cc3)c3ccccc23)cc1. The predicted octanol–water partition coefficient (Wildman–Crippen LogP) is 11.4. The highest BCUT2D eigenvalue weighted by Gasteiger charge is 2.17. The van der Waals surface area contributed by atoms with E-state index < -0.39 is 0 Å². The zero-order chi connectivity index (χ0) is 27.2. The zero-order valence-corrected chi connectivity index (χ0v) is 24.0. The zero-order valence-electron chi connectivity index (χ0n) is 24.0. The van der Waals surface area contributed by atoms with Crippen LogP contribution >= 0.6 is 0 Å². The van der Waals surface area contributed by atoms with Gasteiger partial charge in [-0.25, -0.2) is 0 Å². The third kappa shape index (κ3) is 5.74. The van der Waals surface area contributed by atoms with E-state index in [2.05, 4.69) is 125 Å².